The molecule has 35 heavy (non-hydrogen) atoms. The van der Waals surface area contributed by atoms with Crippen molar-refractivity contribution < 1.29 is 23.5 Å². The van der Waals surface area contributed by atoms with Gasteiger partial charge >= 0.3 is 0 Å². The van der Waals surface area contributed by atoms with Gasteiger partial charge in [-0.2, -0.15) is 0 Å². The fourth-order valence-corrected chi connectivity index (χ4v) is 3.22. The van der Waals surface area contributed by atoms with Gasteiger partial charge in [0, 0.05) is 16.8 Å². The summed E-state index contributed by atoms with van der Waals surface area (Å²) in [7, 11) is 1.41. The van der Waals surface area contributed by atoms with E-state index in [2.05, 4.69) is 16.0 Å². The van der Waals surface area contributed by atoms with Crippen LogP contribution in [0.25, 0.3) is 6.08 Å². The second-order valence-electron chi connectivity index (χ2n) is 7.46. The molecule has 0 saturated heterocycles. The summed E-state index contributed by atoms with van der Waals surface area (Å²) >= 11 is 5.74. The third kappa shape index (κ3) is 7.15. The molecule has 0 radical (unpaired) electrons. The van der Waals surface area contributed by atoms with E-state index in [0.29, 0.717) is 11.4 Å². The first-order valence-electron chi connectivity index (χ1n) is 10.6. The average Bonchev–Trinajstić information content (AvgIpc) is 2.83. The third-order valence-electron chi connectivity index (χ3n) is 4.87. The molecule has 1 unspecified atom stereocenters. The van der Waals surface area contributed by atoms with Gasteiger partial charge in [0.25, 0.3) is 5.91 Å². The third-order valence-corrected chi connectivity index (χ3v) is 5.10. The second-order valence-corrected chi connectivity index (χ2v) is 7.89. The molecule has 3 rings (SSSR count). The molecular weight excluding hydrogens is 473 g/mol. The fraction of sp³-hybridized carbons (Fsp3) is 0.115. The van der Waals surface area contributed by atoms with Crippen molar-refractivity contribution in [3.63, 3.8) is 0 Å². The van der Waals surface area contributed by atoms with Gasteiger partial charge in [0.15, 0.2) is 0 Å². The van der Waals surface area contributed by atoms with Crippen molar-refractivity contribution in [2.75, 3.05) is 17.7 Å². The molecule has 0 aromatic heterocycles. The second kappa shape index (κ2) is 11.8. The van der Waals surface area contributed by atoms with E-state index in [1.54, 1.807) is 19.1 Å². The number of anilines is 2. The summed E-state index contributed by atoms with van der Waals surface area (Å²) < 4.78 is 19.4. The molecule has 0 aliphatic heterocycles. The van der Waals surface area contributed by atoms with E-state index in [1.807, 2.05) is 30.3 Å². The number of hydrogen-bond acceptors (Lipinski definition) is 4. The predicted octanol–water partition coefficient (Wildman–Crippen LogP) is 4.90. The molecule has 0 aliphatic rings. The van der Waals surface area contributed by atoms with Gasteiger partial charge in [0.05, 0.1) is 18.4 Å². The molecule has 3 amide bonds. The molecular formula is C26H23ClFN3O4. The number of nitrogens with one attached hydrogen (secondary N) is 3. The van der Waals surface area contributed by atoms with Gasteiger partial charge in [-0.15, -0.1) is 0 Å². The fourth-order valence-electron chi connectivity index (χ4n) is 3.06. The molecule has 0 saturated carbocycles. The normalized spacial score (nSPS) is 11.5. The largest absolute Gasteiger partial charge is 0.495 e. The van der Waals surface area contributed by atoms with Crippen LogP contribution in [-0.4, -0.2) is 30.9 Å². The highest BCUT2D eigenvalue weighted by molar-refractivity contribution is 6.30. The Morgan fingerprint density at radius 1 is 1.00 bits per heavy atom. The Balaban J connectivity index is 1.65. The van der Waals surface area contributed by atoms with Crippen molar-refractivity contribution >= 4 is 46.8 Å². The number of hydrogen-bond donors (Lipinski definition) is 3. The Bertz CT molecular complexity index is 1260. The number of ether oxygens (including phenoxy) is 1. The van der Waals surface area contributed by atoms with Crippen LogP contribution < -0.4 is 20.7 Å². The number of rotatable bonds is 8. The topological polar surface area (TPSA) is 96.5 Å². The van der Waals surface area contributed by atoms with Crippen LogP contribution >= 0.6 is 11.6 Å². The first-order chi connectivity index (χ1) is 16.8. The molecule has 0 spiro atoms. The molecule has 3 aromatic carbocycles. The first-order valence-corrected chi connectivity index (χ1v) is 10.9. The maximum Gasteiger partial charge on any atom is 0.258 e. The highest BCUT2D eigenvalue weighted by atomic mass is 35.5. The van der Waals surface area contributed by atoms with Crippen molar-refractivity contribution in [1.29, 1.82) is 0 Å². The Hall–Kier alpha value is -4.17. The molecule has 0 bridgehead atoms. The average molecular weight is 496 g/mol. The minimum atomic E-state index is -0.841. The molecule has 1 atom stereocenters. The Morgan fingerprint density at radius 2 is 1.74 bits per heavy atom. The minimum absolute atomic E-state index is 0.165. The van der Waals surface area contributed by atoms with Gasteiger partial charge in [-0.1, -0.05) is 41.9 Å². The lowest BCUT2D eigenvalue weighted by Gasteiger charge is -2.15. The Labute approximate surface area is 206 Å². The summed E-state index contributed by atoms with van der Waals surface area (Å²) in [5.74, 6) is -2.09. The highest BCUT2D eigenvalue weighted by Gasteiger charge is 2.17. The van der Waals surface area contributed by atoms with Crippen molar-refractivity contribution in [3.8, 4) is 5.75 Å². The van der Waals surface area contributed by atoms with Gasteiger partial charge in [-0.05, 0) is 55.0 Å². The van der Waals surface area contributed by atoms with Gasteiger partial charge in [-0.3, -0.25) is 14.4 Å². The maximum absolute atomic E-state index is 14.1. The van der Waals surface area contributed by atoms with Crippen molar-refractivity contribution in [2.24, 2.45) is 0 Å². The van der Waals surface area contributed by atoms with Crippen LogP contribution in [-0.2, 0) is 9.59 Å². The number of methoxy groups -OCH3 is 1. The number of halogens is 2. The number of carbonyl (C=O) groups is 3. The number of amides is 3. The Morgan fingerprint density at radius 3 is 2.43 bits per heavy atom. The lowest BCUT2D eigenvalue weighted by molar-refractivity contribution is -0.123. The molecule has 0 aliphatic carbocycles. The van der Waals surface area contributed by atoms with Crippen molar-refractivity contribution in [3.05, 3.63) is 94.8 Å². The summed E-state index contributed by atoms with van der Waals surface area (Å²) in [6.45, 7) is 1.54. The lowest BCUT2D eigenvalue weighted by Crippen LogP contribution is -2.40. The molecule has 7 nitrogen and oxygen atoms in total. The monoisotopic (exact) mass is 495 g/mol. The zero-order chi connectivity index (χ0) is 25.4. The van der Waals surface area contributed by atoms with E-state index in [9.17, 15) is 18.8 Å². The molecule has 3 N–H and O–H groups in total. The van der Waals surface area contributed by atoms with Crippen LogP contribution in [0, 0.1) is 5.82 Å². The smallest absolute Gasteiger partial charge is 0.258 e. The van der Waals surface area contributed by atoms with Crippen LogP contribution in [0.15, 0.2) is 72.8 Å². The summed E-state index contributed by atoms with van der Waals surface area (Å²) in [6.07, 6.45) is 2.98. The Kier molecular flexibility index (Phi) is 8.58. The van der Waals surface area contributed by atoms with E-state index in [4.69, 9.17) is 16.3 Å². The first kappa shape index (κ1) is 25.5. The summed E-state index contributed by atoms with van der Waals surface area (Å²) in [4.78, 5) is 37.3. The minimum Gasteiger partial charge on any atom is -0.495 e. The maximum atomic E-state index is 14.1. The van der Waals surface area contributed by atoms with Crippen LogP contribution in [0.3, 0.4) is 0 Å². The van der Waals surface area contributed by atoms with E-state index in [0.717, 1.165) is 11.6 Å². The van der Waals surface area contributed by atoms with E-state index < -0.39 is 29.6 Å². The van der Waals surface area contributed by atoms with Gasteiger partial charge in [-0.25, -0.2) is 4.39 Å². The van der Waals surface area contributed by atoms with Crippen molar-refractivity contribution in [2.45, 2.75) is 13.0 Å². The molecule has 0 fully saturated rings. The van der Waals surface area contributed by atoms with Gasteiger partial charge in [0.2, 0.25) is 11.8 Å². The van der Waals surface area contributed by atoms with Crippen LogP contribution in [0.5, 0.6) is 5.75 Å². The quantitative estimate of drug-likeness (QED) is 0.387. The SMILES string of the molecule is COc1ccc(NC(=O)C(C)NC(=O)C=Cc2ccccc2)cc1NC(=O)c1ccc(Cl)cc1F. The zero-order valence-electron chi connectivity index (χ0n) is 19.0. The van der Waals surface area contributed by atoms with Gasteiger partial charge < -0.3 is 20.7 Å². The number of benzene rings is 3. The van der Waals surface area contributed by atoms with Crippen LogP contribution in [0.4, 0.5) is 15.8 Å². The molecule has 9 heteroatoms. The number of carbonyl (C=O) groups excluding carboxylic acids is 3. The highest BCUT2D eigenvalue weighted by Crippen LogP contribution is 2.29. The van der Waals surface area contributed by atoms with E-state index in [-0.39, 0.29) is 16.3 Å². The molecule has 0 heterocycles. The predicted molar refractivity (Wildman–Crippen MR) is 134 cm³/mol. The molecule has 3 aromatic rings. The van der Waals surface area contributed by atoms with Crippen LogP contribution in [0.2, 0.25) is 5.02 Å². The van der Waals surface area contributed by atoms with Crippen molar-refractivity contribution in [1.82, 2.24) is 5.32 Å². The summed E-state index contributed by atoms with van der Waals surface area (Å²) in [6, 6.07) is 16.7. The summed E-state index contributed by atoms with van der Waals surface area (Å²) in [5, 5.41) is 7.99. The van der Waals surface area contributed by atoms with Gasteiger partial charge in [0.1, 0.15) is 17.6 Å². The van der Waals surface area contributed by atoms with Crippen LogP contribution in [0.1, 0.15) is 22.8 Å². The lowest BCUT2D eigenvalue weighted by atomic mass is 10.2. The zero-order valence-corrected chi connectivity index (χ0v) is 19.7. The van der Waals surface area contributed by atoms with E-state index >= 15 is 0 Å². The standard InChI is InChI=1S/C26H23ClFN3O4/c1-16(29-24(32)13-8-17-6-4-3-5-7-17)25(33)30-19-10-12-23(35-2)22(15-19)31-26(34)20-11-9-18(27)14-21(20)28/h3-16H,1-2H3,(H,29,32)(H,30,33)(H,31,34). The van der Waals surface area contributed by atoms with E-state index in [1.165, 1.54) is 37.5 Å². The summed E-state index contributed by atoms with van der Waals surface area (Å²) in [5.41, 5.74) is 1.20. The molecule has 180 valence electrons.